The molecular weight excluding hydrogens is 314 g/mol. The zero-order valence-electron chi connectivity index (χ0n) is 10.5. The van der Waals surface area contributed by atoms with Crippen molar-refractivity contribution in [2.45, 2.75) is 38.5 Å². The van der Waals surface area contributed by atoms with E-state index in [4.69, 9.17) is 0 Å². The Hall–Kier alpha value is -0.770. The Labute approximate surface area is 119 Å². The third-order valence-electron chi connectivity index (χ3n) is 4.62. The van der Waals surface area contributed by atoms with Gasteiger partial charge >= 0.3 is 0 Å². The molecule has 0 N–H and O–H groups in total. The van der Waals surface area contributed by atoms with E-state index < -0.39 is 17.8 Å². The maximum absolute atomic E-state index is 12.7. The predicted octanol–water partition coefficient (Wildman–Crippen LogP) is 4.17. The van der Waals surface area contributed by atoms with Gasteiger partial charge in [-0.15, -0.1) is 0 Å². The second kappa shape index (κ2) is 4.65. The van der Waals surface area contributed by atoms with Crippen LogP contribution in [0.2, 0.25) is 0 Å². The first-order chi connectivity index (χ1) is 9.00. The summed E-state index contributed by atoms with van der Waals surface area (Å²) in [7, 11) is 0. The molecule has 1 nitrogen and oxygen atoms in total. The van der Waals surface area contributed by atoms with E-state index in [0.29, 0.717) is 12.8 Å². The molecule has 19 heavy (non-hydrogen) atoms. The van der Waals surface area contributed by atoms with Crippen LogP contribution in [0.15, 0.2) is 22.7 Å². The van der Waals surface area contributed by atoms with E-state index in [1.54, 1.807) is 0 Å². The third-order valence-corrected chi connectivity index (χ3v) is 5.11. The quantitative estimate of drug-likeness (QED) is 0.756. The van der Waals surface area contributed by atoms with Gasteiger partial charge in [-0.3, -0.25) is 4.79 Å². The molecule has 2 atom stereocenters. The predicted molar refractivity (Wildman–Crippen MR) is 72.3 cm³/mol. The lowest BCUT2D eigenvalue weighted by molar-refractivity contribution is -0.135. The van der Waals surface area contributed by atoms with Crippen LogP contribution in [0.5, 0.6) is 0 Å². The summed E-state index contributed by atoms with van der Waals surface area (Å²) in [5.74, 6) is -0.690. The Morgan fingerprint density at radius 3 is 2.68 bits per heavy atom. The number of Topliss-reactive ketones (excluding diaryl/α,β-unsaturated/α-hetero) is 1. The van der Waals surface area contributed by atoms with E-state index in [9.17, 15) is 13.6 Å². The van der Waals surface area contributed by atoms with Crippen molar-refractivity contribution < 1.29 is 13.6 Å². The molecule has 1 saturated carbocycles. The lowest BCUT2D eigenvalue weighted by Gasteiger charge is -2.35. The van der Waals surface area contributed by atoms with E-state index in [1.807, 2.05) is 12.1 Å². The molecule has 4 heteroatoms. The summed E-state index contributed by atoms with van der Waals surface area (Å²) in [6.07, 6.45) is 0.207. The largest absolute Gasteiger partial charge is 0.299 e. The normalized spacial score (nSPS) is 30.1. The summed E-state index contributed by atoms with van der Waals surface area (Å²) < 4.78 is 26.5. The molecule has 1 fully saturated rings. The number of fused-ring (bicyclic) bond motifs is 1. The molecule has 1 spiro atoms. The van der Waals surface area contributed by atoms with Crippen molar-refractivity contribution in [3.05, 3.63) is 33.8 Å². The molecular formula is C15H15BrF2O. The standard InChI is InChI=1S/C15H15BrF2O/c16-12-2-1-10-7-15(8-11(10)5-12)4-3-9(14(17)18)6-13(15)19/h1-2,5,9,14H,3-4,6-8H2. The molecule has 0 aliphatic heterocycles. The Morgan fingerprint density at radius 1 is 1.26 bits per heavy atom. The maximum Gasteiger partial charge on any atom is 0.241 e. The lowest BCUT2D eigenvalue weighted by Crippen LogP contribution is -2.39. The number of hydrogen-bond acceptors (Lipinski definition) is 1. The van der Waals surface area contributed by atoms with Crippen molar-refractivity contribution in [3.63, 3.8) is 0 Å². The number of halogens is 3. The summed E-state index contributed by atoms with van der Waals surface area (Å²) in [5, 5.41) is 0. The van der Waals surface area contributed by atoms with Crippen LogP contribution in [0.3, 0.4) is 0 Å². The van der Waals surface area contributed by atoms with Gasteiger partial charge in [0.05, 0.1) is 0 Å². The molecule has 2 aliphatic carbocycles. The van der Waals surface area contributed by atoms with Gasteiger partial charge in [0.25, 0.3) is 0 Å². The van der Waals surface area contributed by atoms with Crippen LogP contribution in [0.25, 0.3) is 0 Å². The van der Waals surface area contributed by atoms with E-state index in [2.05, 4.69) is 22.0 Å². The van der Waals surface area contributed by atoms with Crippen molar-refractivity contribution in [2.24, 2.45) is 11.3 Å². The van der Waals surface area contributed by atoms with Crippen LogP contribution in [-0.4, -0.2) is 12.2 Å². The van der Waals surface area contributed by atoms with Crippen molar-refractivity contribution in [1.82, 2.24) is 0 Å². The molecule has 102 valence electrons. The molecule has 0 saturated heterocycles. The number of ketones is 1. The molecule has 0 aromatic heterocycles. The van der Waals surface area contributed by atoms with Crippen molar-refractivity contribution in [3.8, 4) is 0 Å². The van der Waals surface area contributed by atoms with Crippen LogP contribution in [0, 0.1) is 11.3 Å². The van der Waals surface area contributed by atoms with Crippen LogP contribution >= 0.6 is 15.9 Å². The minimum Gasteiger partial charge on any atom is -0.299 e. The third kappa shape index (κ3) is 2.24. The Morgan fingerprint density at radius 2 is 2.00 bits per heavy atom. The molecule has 2 unspecified atom stereocenters. The first-order valence-corrected chi connectivity index (χ1v) is 7.38. The first kappa shape index (κ1) is 13.2. The number of alkyl halides is 2. The number of carbonyl (C=O) groups is 1. The van der Waals surface area contributed by atoms with Crippen LogP contribution in [0.4, 0.5) is 8.78 Å². The second-order valence-electron chi connectivity index (χ2n) is 5.81. The molecule has 0 heterocycles. The van der Waals surface area contributed by atoms with E-state index in [1.165, 1.54) is 11.1 Å². The highest BCUT2D eigenvalue weighted by atomic mass is 79.9. The summed E-state index contributed by atoms with van der Waals surface area (Å²) in [5.41, 5.74) is 2.00. The average Bonchev–Trinajstić information content (AvgIpc) is 2.71. The van der Waals surface area contributed by atoms with Gasteiger partial charge in [-0.2, -0.15) is 0 Å². The van der Waals surface area contributed by atoms with Gasteiger partial charge in [0.15, 0.2) is 0 Å². The first-order valence-electron chi connectivity index (χ1n) is 6.59. The maximum atomic E-state index is 12.7. The second-order valence-corrected chi connectivity index (χ2v) is 6.72. The molecule has 1 aromatic carbocycles. The Balaban J connectivity index is 1.83. The topological polar surface area (TPSA) is 17.1 Å². The number of rotatable bonds is 1. The zero-order chi connectivity index (χ0) is 13.6. The molecule has 3 rings (SSSR count). The van der Waals surface area contributed by atoms with E-state index in [0.717, 1.165) is 17.3 Å². The molecule has 2 aliphatic rings. The fraction of sp³-hybridized carbons (Fsp3) is 0.533. The van der Waals surface area contributed by atoms with E-state index in [-0.39, 0.29) is 12.2 Å². The van der Waals surface area contributed by atoms with Gasteiger partial charge in [-0.25, -0.2) is 8.78 Å². The SMILES string of the molecule is O=C1CC(C(F)F)CCC12Cc1ccc(Br)cc1C2. The van der Waals surface area contributed by atoms with Crippen molar-refractivity contribution >= 4 is 21.7 Å². The minimum absolute atomic E-state index is 0.0383. The van der Waals surface area contributed by atoms with E-state index >= 15 is 0 Å². The molecule has 1 aromatic rings. The molecule has 0 radical (unpaired) electrons. The summed E-state index contributed by atoms with van der Waals surface area (Å²) >= 11 is 3.44. The average molecular weight is 329 g/mol. The van der Waals surface area contributed by atoms with Gasteiger partial charge in [-0.05, 0) is 48.9 Å². The summed E-state index contributed by atoms with van der Waals surface area (Å²) in [4.78, 5) is 12.3. The number of carbonyl (C=O) groups excluding carboxylic acids is 1. The van der Waals surface area contributed by atoms with Crippen molar-refractivity contribution in [1.29, 1.82) is 0 Å². The summed E-state index contributed by atoms with van der Waals surface area (Å²) in [6, 6.07) is 6.07. The smallest absolute Gasteiger partial charge is 0.241 e. The fourth-order valence-electron chi connectivity index (χ4n) is 3.47. The number of benzene rings is 1. The minimum atomic E-state index is -2.36. The lowest BCUT2D eigenvalue weighted by atomic mass is 9.68. The molecule has 0 amide bonds. The van der Waals surface area contributed by atoms with Crippen molar-refractivity contribution in [2.75, 3.05) is 0 Å². The van der Waals surface area contributed by atoms with Gasteiger partial charge in [0, 0.05) is 22.2 Å². The zero-order valence-corrected chi connectivity index (χ0v) is 12.1. The highest BCUT2D eigenvalue weighted by molar-refractivity contribution is 9.10. The summed E-state index contributed by atoms with van der Waals surface area (Å²) in [6.45, 7) is 0. The van der Waals surface area contributed by atoms with Gasteiger partial charge in [-0.1, -0.05) is 22.0 Å². The van der Waals surface area contributed by atoms with Crippen LogP contribution in [0.1, 0.15) is 30.4 Å². The van der Waals surface area contributed by atoms with Gasteiger partial charge < -0.3 is 0 Å². The Kier molecular flexibility index (Phi) is 3.24. The van der Waals surface area contributed by atoms with Gasteiger partial charge in [0.2, 0.25) is 6.43 Å². The van der Waals surface area contributed by atoms with Crippen LogP contribution in [-0.2, 0) is 17.6 Å². The molecule has 0 bridgehead atoms. The monoisotopic (exact) mass is 328 g/mol. The van der Waals surface area contributed by atoms with Gasteiger partial charge in [0.1, 0.15) is 5.78 Å². The number of hydrogen-bond donors (Lipinski definition) is 0. The van der Waals surface area contributed by atoms with Crippen LogP contribution < -0.4 is 0 Å². The fourth-order valence-corrected chi connectivity index (χ4v) is 3.88. The Bertz CT molecular complexity index is 529. The highest BCUT2D eigenvalue weighted by Crippen LogP contribution is 2.47. The highest BCUT2D eigenvalue weighted by Gasteiger charge is 2.47.